The molecule has 3 amide bonds. The van der Waals surface area contributed by atoms with Gasteiger partial charge in [0.2, 0.25) is 15.9 Å². The van der Waals surface area contributed by atoms with Crippen molar-refractivity contribution < 1.29 is 27.5 Å². The number of halogens is 1. The molecule has 1 saturated heterocycles. The summed E-state index contributed by atoms with van der Waals surface area (Å²) in [6.45, 7) is 2.95. The zero-order valence-electron chi connectivity index (χ0n) is 23.3. The van der Waals surface area contributed by atoms with E-state index >= 15 is 0 Å². The number of para-hydroxylation sites is 2. The molecule has 1 fully saturated rings. The molecule has 0 aliphatic carbocycles. The van der Waals surface area contributed by atoms with Crippen molar-refractivity contribution in [3.05, 3.63) is 59.1 Å². The van der Waals surface area contributed by atoms with Crippen molar-refractivity contribution in [1.29, 1.82) is 0 Å². The second kappa shape index (κ2) is 15.2. The molecule has 0 aromatic heterocycles. The Morgan fingerprint density at radius 2 is 1.82 bits per heavy atom. The van der Waals surface area contributed by atoms with Crippen LogP contribution < -0.4 is 10.1 Å². The summed E-state index contributed by atoms with van der Waals surface area (Å²) in [5, 5.41) is 3.46. The SMILES string of the molecule is CCCS(=O)(=O)N(CCOC)CC(=O)N(Cc1cccc(Cl)c1)C1CCN(C(=O)Nc2ccccc2OC)CC1. The van der Waals surface area contributed by atoms with Gasteiger partial charge in [-0.2, -0.15) is 4.31 Å². The summed E-state index contributed by atoms with van der Waals surface area (Å²) >= 11 is 6.21. The van der Waals surface area contributed by atoms with Gasteiger partial charge in [-0.15, -0.1) is 0 Å². The van der Waals surface area contributed by atoms with Gasteiger partial charge in [-0.1, -0.05) is 42.8 Å². The zero-order chi connectivity index (χ0) is 29.1. The van der Waals surface area contributed by atoms with Gasteiger partial charge in [0, 0.05) is 44.4 Å². The topological polar surface area (TPSA) is 108 Å². The molecule has 0 spiro atoms. The molecule has 1 aliphatic rings. The third kappa shape index (κ3) is 8.82. The number of hydrogen-bond acceptors (Lipinski definition) is 6. The Balaban J connectivity index is 1.75. The maximum atomic E-state index is 13.7. The molecule has 12 heteroatoms. The summed E-state index contributed by atoms with van der Waals surface area (Å²) in [4.78, 5) is 30.1. The first-order chi connectivity index (χ1) is 19.2. The molecule has 1 heterocycles. The summed E-state index contributed by atoms with van der Waals surface area (Å²) in [7, 11) is -0.583. The number of sulfonamides is 1. The van der Waals surface area contributed by atoms with E-state index in [-0.39, 0.29) is 50.0 Å². The Morgan fingerprint density at radius 3 is 2.48 bits per heavy atom. The summed E-state index contributed by atoms with van der Waals surface area (Å²) in [5.41, 5.74) is 1.43. The van der Waals surface area contributed by atoms with Crippen molar-refractivity contribution in [3.8, 4) is 5.75 Å². The summed E-state index contributed by atoms with van der Waals surface area (Å²) in [5.74, 6) is 0.227. The minimum absolute atomic E-state index is 0.0437. The quantitative estimate of drug-likeness (QED) is 0.375. The molecule has 0 saturated carbocycles. The minimum atomic E-state index is -3.63. The predicted molar refractivity (Wildman–Crippen MR) is 156 cm³/mol. The molecule has 10 nitrogen and oxygen atoms in total. The lowest BCUT2D eigenvalue weighted by atomic mass is 10.0. The minimum Gasteiger partial charge on any atom is -0.495 e. The van der Waals surface area contributed by atoms with E-state index in [1.807, 2.05) is 24.3 Å². The highest BCUT2D eigenvalue weighted by Crippen LogP contribution is 2.25. The van der Waals surface area contributed by atoms with E-state index in [9.17, 15) is 18.0 Å². The lowest BCUT2D eigenvalue weighted by molar-refractivity contribution is -0.135. The van der Waals surface area contributed by atoms with E-state index in [1.165, 1.54) is 11.4 Å². The standard InChI is InChI=1S/C28H39ClN4O6S/c1-4-18-40(36,37)32(16-17-38-2)21-27(34)33(20-22-8-7-9-23(29)19-22)24-12-14-31(15-13-24)28(35)30-25-10-5-6-11-26(25)39-3/h5-11,19,24H,4,12-18,20-21H2,1-3H3,(H,30,35). The fraction of sp³-hybridized carbons (Fsp3) is 0.500. The smallest absolute Gasteiger partial charge is 0.321 e. The van der Waals surface area contributed by atoms with Crippen molar-refractivity contribution in [1.82, 2.24) is 14.1 Å². The fourth-order valence-electron chi connectivity index (χ4n) is 4.71. The van der Waals surface area contributed by atoms with Crippen molar-refractivity contribution >= 4 is 39.2 Å². The number of carbonyl (C=O) groups is 2. The number of carbonyl (C=O) groups excluding carboxylic acids is 2. The van der Waals surface area contributed by atoms with E-state index in [4.69, 9.17) is 21.1 Å². The number of hydrogen-bond donors (Lipinski definition) is 1. The summed E-state index contributed by atoms with van der Waals surface area (Å²) in [6, 6.07) is 14.0. The van der Waals surface area contributed by atoms with Crippen LogP contribution in [-0.2, 0) is 26.1 Å². The molecule has 2 aromatic rings. The average molecular weight is 595 g/mol. The molecule has 1 N–H and O–H groups in total. The van der Waals surface area contributed by atoms with Crippen LogP contribution in [0.15, 0.2) is 48.5 Å². The van der Waals surface area contributed by atoms with Gasteiger partial charge in [-0.25, -0.2) is 13.2 Å². The summed E-state index contributed by atoms with van der Waals surface area (Å²) < 4.78 is 37.5. The van der Waals surface area contributed by atoms with E-state index < -0.39 is 10.0 Å². The second-order valence-corrected chi connectivity index (χ2v) is 12.2. The van der Waals surface area contributed by atoms with E-state index in [0.29, 0.717) is 48.8 Å². The third-order valence-electron chi connectivity index (χ3n) is 6.82. The molecule has 0 bridgehead atoms. The van der Waals surface area contributed by atoms with E-state index in [0.717, 1.165) is 5.56 Å². The maximum absolute atomic E-state index is 13.7. The fourth-order valence-corrected chi connectivity index (χ4v) is 6.36. The van der Waals surface area contributed by atoms with Crippen molar-refractivity contribution in [2.75, 3.05) is 58.1 Å². The number of urea groups is 1. The number of amides is 3. The largest absolute Gasteiger partial charge is 0.495 e. The van der Waals surface area contributed by atoms with Crippen LogP contribution in [-0.4, -0.2) is 93.3 Å². The molecule has 0 radical (unpaired) electrons. The van der Waals surface area contributed by atoms with Crippen LogP contribution in [0.1, 0.15) is 31.7 Å². The van der Waals surface area contributed by atoms with Crippen LogP contribution in [0, 0.1) is 0 Å². The number of ether oxygens (including phenoxy) is 2. The van der Waals surface area contributed by atoms with Gasteiger partial charge in [0.15, 0.2) is 0 Å². The van der Waals surface area contributed by atoms with Gasteiger partial charge in [-0.05, 0) is 49.1 Å². The van der Waals surface area contributed by atoms with Crippen LogP contribution >= 0.6 is 11.6 Å². The lowest BCUT2D eigenvalue weighted by Crippen LogP contribution is -2.52. The second-order valence-electron chi connectivity index (χ2n) is 9.64. The van der Waals surface area contributed by atoms with Crippen molar-refractivity contribution in [3.63, 3.8) is 0 Å². The van der Waals surface area contributed by atoms with Gasteiger partial charge < -0.3 is 24.6 Å². The molecular formula is C28H39ClN4O6S. The third-order valence-corrected chi connectivity index (χ3v) is 9.07. The van der Waals surface area contributed by atoms with Gasteiger partial charge in [0.25, 0.3) is 0 Å². The molecule has 3 rings (SSSR count). The van der Waals surface area contributed by atoms with Crippen molar-refractivity contribution in [2.24, 2.45) is 0 Å². The van der Waals surface area contributed by atoms with E-state index in [1.54, 1.807) is 48.1 Å². The molecule has 220 valence electrons. The Hall–Kier alpha value is -2.86. The van der Waals surface area contributed by atoms with Crippen LogP contribution in [0.3, 0.4) is 0 Å². The first-order valence-corrected chi connectivity index (χ1v) is 15.4. The highest BCUT2D eigenvalue weighted by atomic mass is 35.5. The van der Waals surface area contributed by atoms with Crippen LogP contribution in [0.2, 0.25) is 5.02 Å². The van der Waals surface area contributed by atoms with Gasteiger partial charge in [-0.3, -0.25) is 4.79 Å². The summed E-state index contributed by atoms with van der Waals surface area (Å²) in [6.07, 6.45) is 1.54. The number of likely N-dealkylation sites (tertiary alicyclic amines) is 1. The number of methoxy groups -OCH3 is 2. The van der Waals surface area contributed by atoms with Gasteiger partial charge >= 0.3 is 6.03 Å². The van der Waals surface area contributed by atoms with Crippen molar-refractivity contribution in [2.45, 2.75) is 38.8 Å². The molecule has 0 unspecified atom stereocenters. The maximum Gasteiger partial charge on any atom is 0.321 e. The number of rotatable bonds is 13. The van der Waals surface area contributed by atoms with Crippen LogP contribution in [0.4, 0.5) is 10.5 Å². The molecule has 40 heavy (non-hydrogen) atoms. The normalized spacial score (nSPS) is 14.3. The Bertz CT molecular complexity index is 1240. The zero-order valence-corrected chi connectivity index (χ0v) is 24.9. The number of anilines is 1. The highest BCUT2D eigenvalue weighted by molar-refractivity contribution is 7.89. The van der Waals surface area contributed by atoms with Gasteiger partial charge in [0.1, 0.15) is 5.75 Å². The number of nitrogens with zero attached hydrogens (tertiary/aromatic N) is 3. The lowest BCUT2D eigenvalue weighted by Gasteiger charge is -2.39. The number of piperidine rings is 1. The molecule has 0 atom stereocenters. The molecule has 2 aromatic carbocycles. The van der Waals surface area contributed by atoms with Gasteiger partial charge in [0.05, 0.1) is 31.7 Å². The number of benzene rings is 2. The van der Waals surface area contributed by atoms with E-state index in [2.05, 4.69) is 5.32 Å². The van der Waals surface area contributed by atoms with Crippen LogP contribution in [0.5, 0.6) is 5.75 Å². The average Bonchev–Trinajstić information content (AvgIpc) is 2.94. The highest BCUT2D eigenvalue weighted by Gasteiger charge is 2.33. The molecular weight excluding hydrogens is 556 g/mol. The predicted octanol–water partition coefficient (Wildman–Crippen LogP) is 4.06. The monoisotopic (exact) mass is 594 g/mol. The first-order valence-electron chi connectivity index (χ1n) is 13.4. The molecule has 1 aliphatic heterocycles. The van der Waals surface area contributed by atoms with Crippen LogP contribution in [0.25, 0.3) is 0 Å². The Labute approximate surface area is 242 Å². The Kier molecular flexibility index (Phi) is 12.1. The Morgan fingerprint density at radius 1 is 1.10 bits per heavy atom. The first kappa shape index (κ1) is 31.7. The number of nitrogens with one attached hydrogen (secondary N) is 1.